The van der Waals surface area contributed by atoms with Gasteiger partial charge in [-0.1, -0.05) is 36.4 Å². The molecule has 1 fully saturated rings. The Hall–Kier alpha value is -2.04. The number of ether oxygens (including phenoxy) is 2. The molecule has 0 saturated carbocycles. The topological polar surface area (TPSA) is 47.7 Å². The molecular formula is C20H26N2O2. The lowest BCUT2D eigenvalue weighted by Gasteiger charge is -2.18. The minimum Gasteiger partial charge on any atom is -0.493 e. The van der Waals surface area contributed by atoms with Gasteiger partial charge in [0.25, 0.3) is 0 Å². The van der Waals surface area contributed by atoms with Crippen molar-refractivity contribution in [2.45, 2.75) is 25.4 Å². The van der Waals surface area contributed by atoms with E-state index in [1.165, 1.54) is 11.1 Å². The standard InChI is InChI=1S/C20H26N2O2/c1-3-24-19-10-9-16(11-20(19)23-2)17-13-22(14-18(17)21)12-15-7-5-4-6-8-15/h4-11,17-18H,3,12-14,21H2,1-2H3. The van der Waals surface area contributed by atoms with E-state index in [1.54, 1.807) is 7.11 Å². The molecule has 2 aromatic carbocycles. The molecule has 1 aliphatic rings. The maximum atomic E-state index is 6.43. The van der Waals surface area contributed by atoms with Crippen LogP contribution >= 0.6 is 0 Å². The zero-order valence-electron chi connectivity index (χ0n) is 14.4. The zero-order chi connectivity index (χ0) is 16.9. The summed E-state index contributed by atoms with van der Waals surface area (Å²) < 4.78 is 11.1. The molecule has 2 unspecified atom stereocenters. The fraction of sp³-hybridized carbons (Fsp3) is 0.400. The molecule has 128 valence electrons. The number of hydrogen-bond donors (Lipinski definition) is 1. The van der Waals surface area contributed by atoms with E-state index in [2.05, 4.69) is 41.3 Å². The second-order valence-corrected chi connectivity index (χ2v) is 6.29. The van der Waals surface area contributed by atoms with E-state index in [9.17, 15) is 0 Å². The summed E-state index contributed by atoms with van der Waals surface area (Å²) in [6.45, 7) is 5.42. The highest BCUT2D eigenvalue weighted by Crippen LogP contribution is 2.34. The van der Waals surface area contributed by atoms with Crippen molar-refractivity contribution in [1.82, 2.24) is 4.90 Å². The number of nitrogens with two attached hydrogens (primary N) is 1. The first-order chi connectivity index (χ1) is 11.7. The average Bonchev–Trinajstić information content (AvgIpc) is 2.96. The second-order valence-electron chi connectivity index (χ2n) is 6.29. The van der Waals surface area contributed by atoms with Crippen LogP contribution in [0.1, 0.15) is 24.0 Å². The van der Waals surface area contributed by atoms with Crippen molar-refractivity contribution in [1.29, 1.82) is 0 Å². The molecule has 3 rings (SSSR count). The first-order valence-corrected chi connectivity index (χ1v) is 8.54. The minimum atomic E-state index is 0.136. The molecule has 4 heteroatoms. The number of likely N-dealkylation sites (tertiary alicyclic amines) is 1. The fourth-order valence-corrected chi connectivity index (χ4v) is 3.43. The van der Waals surface area contributed by atoms with Crippen LogP contribution in [0.3, 0.4) is 0 Å². The van der Waals surface area contributed by atoms with Crippen molar-refractivity contribution in [3.63, 3.8) is 0 Å². The van der Waals surface area contributed by atoms with Crippen LogP contribution in [0.5, 0.6) is 11.5 Å². The van der Waals surface area contributed by atoms with Crippen molar-refractivity contribution in [3.8, 4) is 11.5 Å². The first-order valence-electron chi connectivity index (χ1n) is 8.54. The normalized spacial score (nSPS) is 21.0. The summed E-state index contributed by atoms with van der Waals surface area (Å²) in [5, 5.41) is 0. The van der Waals surface area contributed by atoms with Crippen molar-refractivity contribution in [2.75, 3.05) is 26.8 Å². The maximum Gasteiger partial charge on any atom is 0.161 e. The first kappa shape index (κ1) is 16.8. The third-order valence-electron chi connectivity index (χ3n) is 4.61. The predicted molar refractivity (Wildman–Crippen MR) is 96.6 cm³/mol. The lowest BCUT2D eigenvalue weighted by molar-refractivity contribution is 0.310. The van der Waals surface area contributed by atoms with E-state index < -0.39 is 0 Å². The molecule has 1 aliphatic heterocycles. The molecular weight excluding hydrogens is 300 g/mol. The van der Waals surface area contributed by atoms with Crippen LogP contribution in [0.2, 0.25) is 0 Å². The van der Waals surface area contributed by atoms with Crippen molar-refractivity contribution < 1.29 is 9.47 Å². The predicted octanol–water partition coefficient (Wildman–Crippen LogP) is 3.02. The van der Waals surface area contributed by atoms with Crippen LogP contribution in [0.4, 0.5) is 0 Å². The number of rotatable bonds is 6. The molecule has 0 radical (unpaired) electrons. The molecule has 0 spiro atoms. The summed E-state index contributed by atoms with van der Waals surface area (Å²) in [5.74, 6) is 1.89. The Morgan fingerprint density at radius 2 is 1.88 bits per heavy atom. The molecule has 0 aliphatic carbocycles. The second kappa shape index (κ2) is 7.69. The van der Waals surface area contributed by atoms with Gasteiger partial charge >= 0.3 is 0 Å². The SMILES string of the molecule is CCOc1ccc(C2CN(Cc3ccccc3)CC2N)cc1OC. The van der Waals surface area contributed by atoms with Crippen LogP contribution < -0.4 is 15.2 Å². The van der Waals surface area contributed by atoms with Gasteiger partial charge in [0.2, 0.25) is 0 Å². The third kappa shape index (κ3) is 3.71. The Labute approximate surface area is 144 Å². The number of benzene rings is 2. The Morgan fingerprint density at radius 3 is 2.58 bits per heavy atom. The number of hydrogen-bond acceptors (Lipinski definition) is 4. The molecule has 1 heterocycles. The van der Waals surface area contributed by atoms with E-state index in [1.807, 2.05) is 19.1 Å². The summed E-state index contributed by atoms with van der Waals surface area (Å²) in [7, 11) is 1.68. The largest absolute Gasteiger partial charge is 0.493 e. The summed E-state index contributed by atoms with van der Waals surface area (Å²) in [6, 6.07) is 16.9. The molecule has 0 bridgehead atoms. The Kier molecular flexibility index (Phi) is 5.38. The molecule has 1 saturated heterocycles. The van der Waals surface area contributed by atoms with Crippen LogP contribution in [0.15, 0.2) is 48.5 Å². The smallest absolute Gasteiger partial charge is 0.161 e. The molecule has 2 N–H and O–H groups in total. The summed E-state index contributed by atoms with van der Waals surface area (Å²) in [5.41, 5.74) is 8.98. The van der Waals surface area contributed by atoms with Gasteiger partial charge in [-0.25, -0.2) is 0 Å². The molecule has 24 heavy (non-hydrogen) atoms. The van der Waals surface area contributed by atoms with Gasteiger partial charge < -0.3 is 15.2 Å². The van der Waals surface area contributed by atoms with Crippen molar-refractivity contribution in [2.24, 2.45) is 5.73 Å². The monoisotopic (exact) mass is 326 g/mol. The highest BCUT2D eigenvalue weighted by atomic mass is 16.5. The minimum absolute atomic E-state index is 0.136. The highest BCUT2D eigenvalue weighted by molar-refractivity contribution is 5.44. The van der Waals surface area contributed by atoms with Crippen LogP contribution in [0.25, 0.3) is 0 Å². The van der Waals surface area contributed by atoms with Crippen molar-refractivity contribution >= 4 is 0 Å². The third-order valence-corrected chi connectivity index (χ3v) is 4.61. The molecule has 2 atom stereocenters. The van der Waals surface area contributed by atoms with E-state index in [-0.39, 0.29) is 6.04 Å². The maximum absolute atomic E-state index is 6.43. The molecule has 4 nitrogen and oxygen atoms in total. The Morgan fingerprint density at radius 1 is 1.08 bits per heavy atom. The number of methoxy groups -OCH3 is 1. The number of nitrogens with zero attached hydrogens (tertiary/aromatic N) is 1. The van der Waals surface area contributed by atoms with Gasteiger partial charge in [-0.05, 0) is 30.2 Å². The fourth-order valence-electron chi connectivity index (χ4n) is 3.43. The van der Waals surface area contributed by atoms with Gasteiger partial charge in [0.1, 0.15) is 0 Å². The van der Waals surface area contributed by atoms with Gasteiger partial charge in [0.05, 0.1) is 13.7 Å². The summed E-state index contributed by atoms with van der Waals surface area (Å²) >= 11 is 0. The van der Waals surface area contributed by atoms with E-state index in [0.717, 1.165) is 31.1 Å². The van der Waals surface area contributed by atoms with Gasteiger partial charge in [0.15, 0.2) is 11.5 Å². The van der Waals surface area contributed by atoms with Gasteiger partial charge in [0, 0.05) is 31.6 Å². The molecule has 2 aromatic rings. The average molecular weight is 326 g/mol. The summed E-state index contributed by atoms with van der Waals surface area (Å²) in [6.07, 6.45) is 0. The Balaban J connectivity index is 1.73. The van der Waals surface area contributed by atoms with Crippen LogP contribution in [-0.4, -0.2) is 37.7 Å². The van der Waals surface area contributed by atoms with Crippen LogP contribution in [-0.2, 0) is 6.54 Å². The lowest BCUT2D eigenvalue weighted by atomic mass is 9.94. The van der Waals surface area contributed by atoms with E-state index in [4.69, 9.17) is 15.2 Å². The van der Waals surface area contributed by atoms with Gasteiger partial charge in [-0.15, -0.1) is 0 Å². The van der Waals surface area contributed by atoms with Gasteiger partial charge in [-0.2, -0.15) is 0 Å². The van der Waals surface area contributed by atoms with E-state index in [0.29, 0.717) is 12.5 Å². The van der Waals surface area contributed by atoms with Crippen LogP contribution in [0, 0.1) is 0 Å². The highest BCUT2D eigenvalue weighted by Gasteiger charge is 2.31. The molecule has 0 amide bonds. The zero-order valence-corrected chi connectivity index (χ0v) is 14.4. The van der Waals surface area contributed by atoms with Crippen molar-refractivity contribution in [3.05, 3.63) is 59.7 Å². The van der Waals surface area contributed by atoms with E-state index >= 15 is 0 Å². The Bertz CT molecular complexity index is 660. The lowest BCUT2D eigenvalue weighted by Crippen LogP contribution is -2.28. The quantitative estimate of drug-likeness (QED) is 0.886. The molecule has 0 aromatic heterocycles. The summed E-state index contributed by atoms with van der Waals surface area (Å²) in [4.78, 5) is 2.42. The van der Waals surface area contributed by atoms with Gasteiger partial charge in [-0.3, -0.25) is 4.90 Å².